The molecule has 0 aromatic carbocycles. The van der Waals surface area contributed by atoms with E-state index in [9.17, 15) is 9.59 Å². The van der Waals surface area contributed by atoms with E-state index in [-0.39, 0.29) is 70.1 Å². The Hall–Kier alpha value is 0.823. The topological polar surface area (TPSA) is 74.6 Å². The number of carbonyl (C=O) groups is 2. The van der Waals surface area contributed by atoms with E-state index in [1.807, 2.05) is 0 Å². The fourth-order valence-corrected chi connectivity index (χ4v) is 0.552. The van der Waals surface area contributed by atoms with Crippen LogP contribution in [0.15, 0.2) is 0 Å². The second-order valence-electron chi connectivity index (χ2n) is 1.99. The number of carboxylic acids is 2. The summed E-state index contributed by atoms with van der Waals surface area (Å²) in [6.45, 7) is 0. The molecule has 0 aliphatic rings. The molecule has 0 aromatic rings. The summed E-state index contributed by atoms with van der Waals surface area (Å²) < 4.78 is 0. The molecule has 0 unspecified atom stereocenters. The molecule has 0 atom stereocenters. The molecule has 0 aliphatic carbocycles. The van der Waals surface area contributed by atoms with Gasteiger partial charge >= 0.3 is 49.7 Å². The van der Waals surface area contributed by atoms with Crippen molar-refractivity contribution in [3.63, 3.8) is 0 Å². The van der Waals surface area contributed by atoms with Gasteiger partial charge in [-0.05, 0) is 12.8 Å². The van der Waals surface area contributed by atoms with Crippen molar-refractivity contribution in [2.45, 2.75) is 25.7 Å². The Kier molecular flexibility index (Phi) is 18.3. The molecule has 0 heterocycles. The van der Waals surface area contributed by atoms with E-state index in [2.05, 4.69) is 0 Å². The molecule has 0 rings (SSSR count). The van der Waals surface area contributed by atoms with Gasteiger partial charge in [-0.25, -0.2) is 0 Å². The summed E-state index contributed by atoms with van der Waals surface area (Å²) in [7, 11) is 0. The summed E-state index contributed by atoms with van der Waals surface area (Å²) in [6, 6.07) is 0. The second-order valence-corrected chi connectivity index (χ2v) is 1.99. The number of hydrogen-bond donors (Lipinski definition) is 2. The third-order valence-corrected chi connectivity index (χ3v) is 1.03. The standard InChI is InChI=1S/C6H10O4.Ca.Zn.2H/c7-5(8)3-1-2-4-6(9)10;;;;/h1-4H2,(H,7,8)(H,9,10);;;;. The fraction of sp³-hybridized carbons (Fsp3) is 0.667. The number of aliphatic carboxylic acids is 2. The fourth-order valence-electron chi connectivity index (χ4n) is 0.552. The SMILES string of the molecule is O=C(O)CCCCC(=O)O.[CaH2].[Zn]. The van der Waals surface area contributed by atoms with Crippen molar-refractivity contribution in [3.8, 4) is 0 Å². The van der Waals surface area contributed by atoms with Gasteiger partial charge in [0.25, 0.3) is 0 Å². The van der Waals surface area contributed by atoms with E-state index in [1.165, 1.54) is 0 Å². The Balaban J connectivity index is -0.000000405. The predicted molar refractivity (Wildman–Crippen MR) is 42.3 cm³/mol. The molecule has 0 bridgehead atoms. The first-order chi connectivity index (χ1) is 4.63. The minimum atomic E-state index is -0.870. The van der Waals surface area contributed by atoms with Crippen LogP contribution in [0.5, 0.6) is 0 Å². The van der Waals surface area contributed by atoms with Crippen LogP contribution in [0.2, 0.25) is 0 Å². The van der Waals surface area contributed by atoms with Crippen LogP contribution >= 0.6 is 0 Å². The molecule has 0 saturated carbocycles. The van der Waals surface area contributed by atoms with Gasteiger partial charge in [-0.1, -0.05) is 0 Å². The summed E-state index contributed by atoms with van der Waals surface area (Å²) in [5.74, 6) is -1.74. The molecule has 4 nitrogen and oxygen atoms in total. The molecule has 0 saturated heterocycles. The second kappa shape index (κ2) is 11.8. The maximum Gasteiger partial charge on any atom is 0 e. The molecule has 64 valence electrons. The van der Waals surface area contributed by atoms with E-state index >= 15 is 0 Å². The van der Waals surface area contributed by atoms with Crippen molar-refractivity contribution in [1.29, 1.82) is 0 Å². The van der Waals surface area contributed by atoms with Gasteiger partial charge in [0.05, 0.1) is 0 Å². The first-order valence-corrected chi connectivity index (χ1v) is 3.06. The molecule has 0 fully saturated rings. The molecule has 12 heavy (non-hydrogen) atoms. The smallest absolute Gasteiger partial charge is 0 e. The van der Waals surface area contributed by atoms with Gasteiger partial charge in [0.15, 0.2) is 0 Å². The Morgan fingerprint density at radius 3 is 1.33 bits per heavy atom. The van der Waals surface area contributed by atoms with Gasteiger partial charge < -0.3 is 10.2 Å². The quantitative estimate of drug-likeness (QED) is 0.526. The zero-order chi connectivity index (χ0) is 7.98. The average Bonchev–Trinajstić information content (AvgIpc) is 1.79. The summed E-state index contributed by atoms with van der Waals surface area (Å²) in [4.78, 5) is 19.8. The third-order valence-electron chi connectivity index (χ3n) is 1.03. The largest absolute Gasteiger partial charge is 0 e. The van der Waals surface area contributed by atoms with Crippen LogP contribution in [0, 0.1) is 0 Å². The molecular formula is C6H12CaO4Zn. The summed E-state index contributed by atoms with van der Waals surface area (Å²) in [6.07, 6.45) is 1.02. The predicted octanol–water partition coefficient (Wildman–Crippen LogP) is -0.203. The van der Waals surface area contributed by atoms with E-state index in [1.54, 1.807) is 0 Å². The Labute approximate surface area is 113 Å². The molecular weight excluding hydrogens is 242 g/mol. The van der Waals surface area contributed by atoms with Gasteiger partial charge in [-0.3, -0.25) is 9.59 Å². The minimum absolute atomic E-state index is 0. The Bertz CT molecular complexity index is 124. The number of unbranched alkanes of at least 4 members (excludes halogenated alkanes) is 1. The van der Waals surface area contributed by atoms with Crippen LogP contribution < -0.4 is 0 Å². The van der Waals surface area contributed by atoms with Crippen LogP contribution in [-0.2, 0) is 29.1 Å². The van der Waals surface area contributed by atoms with E-state index < -0.39 is 11.9 Å². The molecule has 0 radical (unpaired) electrons. The molecule has 0 amide bonds. The van der Waals surface area contributed by atoms with Crippen LogP contribution in [0.3, 0.4) is 0 Å². The van der Waals surface area contributed by atoms with E-state index in [0.717, 1.165) is 0 Å². The summed E-state index contributed by atoms with van der Waals surface area (Å²) in [5, 5.41) is 16.3. The van der Waals surface area contributed by atoms with Gasteiger partial charge in [0, 0.05) is 32.3 Å². The van der Waals surface area contributed by atoms with Gasteiger partial charge in [0.2, 0.25) is 0 Å². The molecule has 6 heteroatoms. The first kappa shape index (κ1) is 18.6. The monoisotopic (exact) mass is 252 g/mol. The van der Waals surface area contributed by atoms with Gasteiger partial charge in [-0.2, -0.15) is 0 Å². The maximum absolute atomic E-state index is 9.90. The van der Waals surface area contributed by atoms with Gasteiger partial charge in [0.1, 0.15) is 0 Å². The zero-order valence-electron chi connectivity index (χ0n) is 6.25. The van der Waals surface area contributed by atoms with E-state index in [4.69, 9.17) is 10.2 Å². The van der Waals surface area contributed by atoms with Crippen molar-refractivity contribution in [3.05, 3.63) is 0 Å². The molecule has 0 aromatic heterocycles. The first-order valence-electron chi connectivity index (χ1n) is 3.06. The molecule has 0 spiro atoms. The maximum atomic E-state index is 9.90. The minimum Gasteiger partial charge on any atom is 0 e. The van der Waals surface area contributed by atoms with E-state index in [0.29, 0.717) is 12.8 Å². The molecule has 2 N–H and O–H groups in total. The van der Waals surface area contributed by atoms with Crippen LogP contribution in [0.4, 0.5) is 0 Å². The normalized spacial score (nSPS) is 7.67. The van der Waals surface area contributed by atoms with Crippen molar-refractivity contribution in [1.82, 2.24) is 0 Å². The zero-order valence-corrected chi connectivity index (χ0v) is 9.21. The number of hydrogen-bond acceptors (Lipinski definition) is 2. The third kappa shape index (κ3) is 17.1. The Morgan fingerprint density at radius 2 is 1.17 bits per heavy atom. The van der Waals surface area contributed by atoms with Crippen molar-refractivity contribution in [2.75, 3.05) is 0 Å². The average molecular weight is 254 g/mol. The van der Waals surface area contributed by atoms with Crippen LogP contribution in [0.1, 0.15) is 25.7 Å². The van der Waals surface area contributed by atoms with Gasteiger partial charge in [-0.15, -0.1) is 0 Å². The van der Waals surface area contributed by atoms with Crippen LogP contribution in [-0.4, -0.2) is 59.9 Å². The summed E-state index contributed by atoms with van der Waals surface area (Å²) >= 11 is 0. The number of rotatable bonds is 5. The van der Waals surface area contributed by atoms with Crippen molar-refractivity contribution in [2.24, 2.45) is 0 Å². The Morgan fingerprint density at radius 1 is 0.917 bits per heavy atom. The van der Waals surface area contributed by atoms with Crippen molar-refractivity contribution < 1.29 is 39.3 Å². The summed E-state index contributed by atoms with van der Waals surface area (Å²) in [5.41, 5.74) is 0. The number of carboxylic acid groups (broad SMARTS) is 2. The molecule has 0 aliphatic heterocycles. The van der Waals surface area contributed by atoms with Crippen LogP contribution in [0.25, 0.3) is 0 Å². The van der Waals surface area contributed by atoms with Crippen molar-refractivity contribution >= 4 is 49.7 Å².